The van der Waals surface area contributed by atoms with E-state index in [2.05, 4.69) is 8.58 Å². The summed E-state index contributed by atoms with van der Waals surface area (Å²) in [6.07, 6.45) is 0. The van der Waals surface area contributed by atoms with Gasteiger partial charge in [0, 0.05) is 26.2 Å². The van der Waals surface area contributed by atoms with Crippen LogP contribution in [-0.4, -0.2) is 48.4 Å². The maximum absolute atomic E-state index is 10.6. The first-order chi connectivity index (χ1) is 8.10. The van der Waals surface area contributed by atoms with Crippen molar-refractivity contribution in [2.45, 2.75) is 5.91 Å². The molecule has 3 saturated heterocycles. The van der Waals surface area contributed by atoms with Crippen molar-refractivity contribution in [2.24, 2.45) is 0 Å². The quantitative estimate of drug-likeness (QED) is 0.455. The van der Waals surface area contributed by atoms with Crippen molar-refractivity contribution in [1.82, 2.24) is 9.80 Å². The van der Waals surface area contributed by atoms with Crippen LogP contribution in [0.25, 0.3) is 0 Å². The van der Waals surface area contributed by atoms with E-state index < -0.39 is 26.4 Å². The Morgan fingerprint density at radius 3 is 1.50 bits per heavy atom. The van der Waals surface area contributed by atoms with Crippen molar-refractivity contribution in [3.63, 3.8) is 0 Å². The van der Waals surface area contributed by atoms with Crippen LogP contribution in [0, 0.1) is 20.5 Å². The lowest BCUT2D eigenvalue weighted by atomic mass is 10.2. The normalized spacial score (nSPS) is 31.7. The Labute approximate surface area is 106 Å². The average molecular weight is 309 g/mol. The Bertz CT molecular complexity index is 294. The third-order valence-electron chi connectivity index (χ3n) is 2.71. The Hall–Kier alpha value is 0.180. The summed E-state index contributed by atoms with van der Waals surface area (Å²) in [5.74, 6) is -2.40. The second-order valence-electron chi connectivity index (χ2n) is 3.89. The third kappa shape index (κ3) is 3.39. The van der Waals surface area contributed by atoms with Gasteiger partial charge in [-0.2, -0.15) is 28.0 Å². The van der Waals surface area contributed by atoms with Crippen LogP contribution >= 0.6 is 0 Å². The fourth-order valence-electron chi connectivity index (χ4n) is 2.08. The van der Waals surface area contributed by atoms with Crippen molar-refractivity contribution < 1.29 is 57.0 Å². The van der Waals surface area contributed by atoms with E-state index in [4.69, 9.17) is 0 Å². The number of hydrogen-bond acceptors (Lipinski definition) is 10. The Kier molecular flexibility index (Phi) is 3.75. The monoisotopic (exact) mass is 308 g/mol. The molecule has 0 spiro atoms. The van der Waals surface area contributed by atoms with Crippen LogP contribution in [-0.2, 0) is 8.58 Å². The zero-order chi connectivity index (χ0) is 13.6. The lowest BCUT2D eigenvalue weighted by molar-refractivity contribution is -1.94. The molecule has 3 heterocycles. The van der Waals surface area contributed by atoms with Crippen LogP contribution in [0.3, 0.4) is 0 Å². The molecule has 2 bridgehead atoms. The predicted octanol–water partition coefficient (Wildman–Crippen LogP) is -7.90. The summed E-state index contributed by atoms with van der Waals surface area (Å²) in [6, 6.07) is 0. The van der Waals surface area contributed by atoms with Gasteiger partial charge in [-0.1, -0.05) is 0 Å². The van der Waals surface area contributed by atoms with E-state index in [9.17, 15) is 28.0 Å². The van der Waals surface area contributed by atoms with Gasteiger partial charge in [0.25, 0.3) is 0 Å². The zero-order valence-electron chi connectivity index (χ0n) is 8.95. The molecular weight excluding hydrogens is 299 g/mol. The molecule has 106 valence electrons. The van der Waals surface area contributed by atoms with E-state index in [1.165, 1.54) is 4.90 Å². The van der Waals surface area contributed by atoms with Gasteiger partial charge in [-0.25, -0.2) is 4.90 Å². The second kappa shape index (κ2) is 4.63. The van der Waals surface area contributed by atoms with E-state index in [-0.39, 0.29) is 19.6 Å². The van der Waals surface area contributed by atoms with Gasteiger partial charge in [0.05, 0.1) is 20.5 Å². The molecule has 0 aliphatic carbocycles. The highest BCUT2D eigenvalue weighted by Crippen LogP contribution is 2.31. The molecule has 10 nitrogen and oxygen atoms in total. The first-order valence-corrected chi connectivity index (χ1v) is 7.27. The van der Waals surface area contributed by atoms with Crippen LogP contribution in [0.5, 0.6) is 0 Å². The molecular formula is C6H10Cl2N2O8. The maximum atomic E-state index is 10.6. The Balaban J connectivity index is 2.23. The molecule has 0 amide bonds. The van der Waals surface area contributed by atoms with Gasteiger partial charge >= 0.3 is 5.91 Å². The highest BCUT2D eigenvalue weighted by Gasteiger charge is 2.68. The van der Waals surface area contributed by atoms with Gasteiger partial charge in [0.1, 0.15) is 15.1 Å². The van der Waals surface area contributed by atoms with Crippen molar-refractivity contribution in [3.05, 3.63) is 0 Å². The van der Waals surface area contributed by atoms with Crippen molar-refractivity contribution in [2.75, 3.05) is 32.7 Å². The molecule has 3 aliphatic rings. The van der Waals surface area contributed by atoms with Crippen LogP contribution in [0.1, 0.15) is 0 Å². The van der Waals surface area contributed by atoms with Gasteiger partial charge in [0.15, 0.2) is 0 Å². The maximum Gasteiger partial charge on any atom is 0.538 e. The molecule has 0 aromatic rings. The van der Waals surface area contributed by atoms with Crippen molar-refractivity contribution in [1.29, 1.82) is 0 Å². The minimum Gasteiger partial charge on any atom is -0.293 e. The van der Waals surface area contributed by atoms with Crippen LogP contribution in [0.4, 0.5) is 0 Å². The topological polar surface area (TPSA) is 163 Å². The summed E-state index contributed by atoms with van der Waals surface area (Å²) < 4.78 is 72.1. The van der Waals surface area contributed by atoms with Gasteiger partial charge in [-0.05, 0) is 0 Å². The van der Waals surface area contributed by atoms with E-state index in [0.29, 0.717) is 13.1 Å². The molecule has 18 heavy (non-hydrogen) atoms. The summed E-state index contributed by atoms with van der Waals surface area (Å²) in [5.41, 5.74) is 0. The SMILES string of the molecule is [O-][Cl+3]([O-])([O-])OC1(O[Cl+3]([O-])([O-])[O-])CN2CCN1CC2. The van der Waals surface area contributed by atoms with Gasteiger partial charge in [0.2, 0.25) is 0 Å². The Morgan fingerprint density at radius 2 is 1.22 bits per heavy atom. The number of hydrogen-bond donors (Lipinski definition) is 0. The van der Waals surface area contributed by atoms with Gasteiger partial charge < -0.3 is 0 Å². The van der Waals surface area contributed by atoms with Gasteiger partial charge in [-0.3, -0.25) is 4.90 Å². The molecule has 0 unspecified atom stereocenters. The molecule has 0 aromatic heterocycles. The van der Waals surface area contributed by atoms with Crippen LogP contribution in [0.15, 0.2) is 0 Å². The van der Waals surface area contributed by atoms with Crippen molar-refractivity contribution >= 4 is 0 Å². The lowest BCUT2D eigenvalue weighted by Gasteiger charge is -2.46. The molecule has 0 N–H and O–H groups in total. The number of halogens is 2. The van der Waals surface area contributed by atoms with E-state index >= 15 is 0 Å². The molecule has 0 aromatic carbocycles. The van der Waals surface area contributed by atoms with E-state index in [1.807, 2.05) is 0 Å². The number of rotatable bonds is 4. The number of nitrogens with zero attached hydrogens (tertiary/aromatic N) is 2. The fourth-order valence-corrected chi connectivity index (χ4v) is 3.06. The first kappa shape index (κ1) is 14.6. The minimum absolute atomic E-state index is 0.218. The smallest absolute Gasteiger partial charge is 0.293 e. The third-order valence-corrected chi connectivity index (χ3v) is 3.57. The summed E-state index contributed by atoms with van der Waals surface area (Å²) in [4.78, 5) is 2.82. The molecule has 0 saturated carbocycles. The van der Waals surface area contributed by atoms with Crippen LogP contribution < -0.4 is 28.0 Å². The molecule has 3 rings (SSSR count). The number of piperazine rings is 3. The summed E-state index contributed by atoms with van der Waals surface area (Å²) in [6.45, 7) is 1.17. The molecule has 0 radical (unpaired) electrons. The summed E-state index contributed by atoms with van der Waals surface area (Å²) in [7, 11) is -9.88. The molecule has 3 aliphatic heterocycles. The first-order valence-electron chi connectivity index (χ1n) is 4.80. The zero-order valence-corrected chi connectivity index (χ0v) is 10.5. The van der Waals surface area contributed by atoms with Crippen molar-refractivity contribution in [3.8, 4) is 0 Å². The molecule has 0 atom stereocenters. The summed E-state index contributed by atoms with van der Waals surface area (Å²) in [5, 5.41) is 0. The highest BCUT2D eigenvalue weighted by atomic mass is 35.7. The number of fused-ring (bicyclic) bond motifs is 3. The van der Waals surface area contributed by atoms with E-state index in [1.54, 1.807) is 4.90 Å². The highest BCUT2D eigenvalue weighted by molar-refractivity contribution is 4.87. The predicted molar refractivity (Wildman–Crippen MR) is 32.9 cm³/mol. The average Bonchev–Trinajstić information content (AvgIpc) is 2.12. The van der Waals surface area contributed by atoms with Crippen LogP contribution in [0.2, 0.25) is 0 Å². The minimum atomic E-state index is -4.94. The largest absolute Gasteiger partial charge is 0.538 e. The Morgan fingerprint density at radius 1 is 0.778 bits per heavy atom. The molecule has 12 heteroatoms. The van der Waals surface area contributed by atoms with E-state index in [0.717, 1.165) is 0 Å². The second-order valence-corrected chi connectivity index (χ2v) is 5.71. The lowest BCUT2D eigenvalue weighted by Crippen LogP contribution is -2.79. The standard InChI is InChI=1S/C6H10Cl2N2O8/c11-7(12,13)17-6(18-8(14,15)16)5-9-1-3-10(6)4-2-9/h1-5H2. The molecule has 3 fully saturated rings. The fraction of sp³-hybridized carbons (Fsp3) is 1.00. The summed E-state index contributed by atoms with van der Waals surface area (Å²) >= 11 is 0. The van der Waals surface area contributed by atoms with Gasteiger partial charge in [-0.15, -0.1) is 0 Å².